The van der Waals surface area contributed by atoms with E-state index in [0.29, 0.717) is 0 Å². The summed E-state index contributed by atoms with van der Waals surface area (Å²) in [5, 5.41) is 10.4. The van der Waals surface area contributed by atoms with E-state index in [9.17, 15) is 18.5 Å². The van der Waals surface area contributed by atoms with Gasteiger partial charge in [-0.25, -0.2) is 0 Å². The monoisotopic (exact) mass is 293 g/mol. The van der Waals surface area contributed by atoms with Crippen molar-refractivity contribution in [3.05, 3.63) is 33.3 Å². The van der Waals surface area contributed by atoms with E-state index < -0.39 is 31.6 Å². The molecule has 0 aromatic heterocycles. The number of amidine groups is 1. The van der Waals surface area contributed by atoms with Gasteiger partial charge in [-0.2, -0.15) is 8.42 Å². The van der Waals surface area contributed by atoms with Crippen molar-refractivity contribution in [2.24, 2.45) is 10.1 Å². The van der Waals surface area contributed by atoms with Gasteiger partial charge in [0.1, 0.15) is 5.02 Å². The van der Waals surface area contributed by atoms with Crippen molar-refractivity contribution in [3.8, 4) is 0 Å². The van der Waals surface area contributed by atoms with Crippen molar-refractivity contribution in [2.45, 2.75) is 4.90 Å². The minimum Gasteiger partial charge on any atom is -0.468 e. The van der Waals surface area contributed by atoms with E-state index in [2.05, 4.69) is 9.13 Å². The van der Waals surface area contributed by atoms with Crippen LogP contribution in [-0.4, -0.2) is 26.5 Å². The van der Waals surface area contributed by atoms with E-state index in [1.165, 1.54) is 0 Å². The summed E-state index contributed by atoms with van der Waals surface area (Å²) in [5.41, 5.74) is 4.57. The standard InChI is InChI=1S/C8H8ClN3O5S/c1-17-8(10)11-18(15,16)5-2-3-6(9)7(4-5)12(13)14/h2-4H,1H3,(H2,10,11). The molecule has 0 aliphatic rings. The molecule has 98 valence electrons. The van der Waals surface area contributed by atoms with Crippen LogP contribution in [0.3, 0.4) is 0 Å². The summed E-state index contributed by atoms with van der Waals surface area (Å²) in [4.78, 5) is 9.42. The molecule has 18 heavy (non-hydrogen) atoms. The molecular formula is C8H8ClN3O5S. The molecule has 0 fully saturated rings. The first-order valence-corrected chi connectivity index (χ1v) is 6.18. The van der Waals surface area contributed by atoms with Gasteiger partial charge in [-0.05, 0) is 12.1 Å². The van der Waals surface area contributed by atoms with Crippen molar-refractivity contribution in [1.82, 2.24) is 0 Å². The van der Waals surface area contributed by atoms with Gasteiger partial charge in [-0.15, -0.1) is 4.40 Å². The molecule has 0 aliphatic carbocycles. The smallest absolute Gasteiger partial charge is 0.297 e. The molecule has 0 aliphatic heterocycles. The SMILES string of the molecule is COC(N)=NS(=O)(=O)c1ccc(Cl)c([N+](=O)[O-])c1. The molecule has 2 N–H and O–H groups in total. The number of ether oxygens (including phenoxy) is 1. The number of hydrogen-bond donors (Lipinski definition) is 1. The second kappa shape index (κ2) is 5.19. The summed E-state index contributed by atoms with van der Waals surface area (Å²) >= 11 is 5.55. The average Bonchev–Trinajstić information content (AvgIpc) is 2.28. The van der Waals surface area contributed by atoms with E-state index in [1.807, 2.05) is 0 Å². The Hall–Kier alpha value is -1.87. The fourth-order valence-corrected chi connectivity index (χ4v) is 2.11. The van der Waals surface area contributed by atoms with Crippen LogP contribution in [0.4, 0.5) is 5.69 Å². The van der Waals surface area contributed by atoms with Gasteiger partial charge in [0.05, 0.1) is 16.9 Å². The quantitative estimate of drug-likeness (QED) is 0.382. The lowest BCUT2D eigenvalue weighted by Gasteiger charge is -2.01. The summed E-state index contributed by atoms with van der Waals surface area (Å²) in [5.74, 6) is 0. The van der Waals surface area contributed by atoms with Gasteiger partial charge in [0.15, 0.2) is 0 Å². The molecule has 0 heterocycles. The van der Waals surface area contributed by atoms with E-state index in [-0.39, 0.29) is 5.02 Å². The second-order valence-electron chi connectivity index (χ2n) is 2.98. The zero-order valence-electron chi connectivity index (χ0n) is 9.03. The van der Waals surface area contributed by atoms with Crippen LogP contribution in [0, 0.1) is 10.1 Å². The van der Waals surface area contributed by atoms with Crippen molar-refractivity contribution in [2.75, 3.05) is 7.11 Å². The number of nitrogens with two attached hydrogens (primary N) is 1. The molecule has 0 spiro atoms. The lowest BCUT2D eigenvalue weighted by molar-refractivity contribution is -0.384. The third kappa shape index (κ3) is 3.08. The summed E-state index contributed by atoms with van der Waals surface area (Å²) in [7, 11) is -3.03. The number of sulfonamides is 1. The zero-order valence-corrected chi connectivity index (χ0v) is 10.6. The lowest BCUT2D eigenvalue weighted by Crippen LogP contribution is -2.16. The number of nitro benzene ring substituents is 1. The number of benzene rings is 1. The second-order valence-corrected chi connectivity index (χ2v) is 4.99. The van der Waals surface area contributed by atoms with Gasteiger partial charge in [0, 0.05) is 6.07 Å². The molecule has 1 aromatic rings. The van der Waals surface area contributed by atoms with Gasteiger partial charge in [0.2, 0.25) is 0 Å². The minimum absolute atomic E-state index is 0.178. The normalized spacial score (nSPS) is 12.2. The van der Waals surface area contributed by atoms with Crippen LogP contribution in [0.5, 0.6) is 0 Å². The highest BCUT2D eigenvalue weighted by Crippen LogP contribution is 2.27. The molecule has 0 saturated heterocycles. The van der Waals surface area contributed by atoms with E-state index in [1.54, 1.807) is 0 Å². The maximum Gasteiger partial charge on any atom is 0.297 e. The summed E-state index contributed by atoms with van der Waals surface area (Å²) in [6, 6.07) is 2.39. The Morgan fingerprint density at radius 3 is 2.67 bits per heavy atom. The molecule has 0 radical (unpaired) electrons. The number of nitrogens with zero attached hydrogens (tertiary/aromatic N) is 2. The average molecular weight is 294 g/mol. The highest BCUT2D eigenvalue weighted by molar-refractivity contribution is 7.90. The van der Waals surface area contributed by atoms with E-state index in [0.717, 1.165) is 25.3 Å². The Bertz CT molecular complexity index is 613. The predicted octanol–water partition coefficient (Wildman–Crippen LogP) is 0.898. The highest BCUT2D eigenvalue weighted by Gasteiger charge is 2.20. The molecule has 0 bridgehead atoms. The third-order valence-corrected chi connectivity index (χ3v) is 3.42. The van der Waals surface area contributed by atoms with Crippen LogP contribution >= 0.6 is 11.6 Å². The Morgan fingerprint density at radius 1 is 1.56 bits per heavy atom. The van der Waals surface area contributed by atoms with Crippen LogP contribution < -0.4 is 5.73 Å². The molecular weight excluding hydrogens is 286 g/mol. The first-order chi connectivity index (χ1) is 8.27. The number of methoxy groups -OCH3 is 1. The summed E-state index contributed by atoms with van der Waals surface area (Å²) in [6.07, 6.45) is 0. The van der Waals surface area contributed by atoms with Crippen LogP contribution in [0.2, 0.25) is 5.02 Å². The minimum atomic E-state index is -4.17. The number of nitro groups is 1. The Balaban J connectivity index is 3.35. The van der Waals surface area contributed by atoms with E-state index >= 15 is 0 Å². The highest BCUT2D eigenvalue weighted by atomic mass is 35.5. The molecule has 1 rings (SSSR count). The van der Waals surface area contributed by atoms with Crippen LogP contribution in [0.15, 0.2) is 27.5 Å². The molecule has 8 nitrogen and oxygen atoms in total. The van der Waals surface area contributed by atoms with Gasteiger partial charge < -0.3 is 10.5 Å². The fraction of sp³-hybridized carbons (Fsp3) is 0.125. The first kappa shape index (κ1) is 14.2. The Morgan fingerprint density at radius 2 is 2.17 bits per heavy atom. The Kier molecular flexibility index (Phi) is 4.09. The summed E-state index contributed by atoms with van der Waals surface area (Å²) in [6.45, 7) is 0. The molecule has 0 unspecified atom stereocenters. The summed E-state index contributed by atoms with van der Waals surface area (Å²) < 4.78 is 30.9. The van der Waals surface area contributed by atoms with Crippen molar-refractivity contribution >= 4 is 33.3 Å². The van der Waals surface area contributed by atoms with E-state index in [4.69, 9.17) is 17.3 Å². The zero-order chi connectivity index (χ0) is 13.9. The molecule has 1 aromatic carbocycles. The van der Waals surface area contributed by atoms with Gasteiger partial charge in [-0.3, -0.25) is 10.1 Å². The van der Waals surface area contributed by atoms with Crippen LogP contribution in [0.1, 0.15) is 0 Å². The van der Waals surface area contributed by atoms with Crippen LogP contribution in [0.25, 0.3) is 0 Å². The predicted molar refractivity (Wildman–Crippen MR) is 63.9 cm³/mol. The fourth-order valence-electron chi connectivity index (χ4n) is 1.00. The molecule has 10 heteroatoms. The molecule has 0 saturated carbocycles. The Labute approximate surface area is 107 Å². The van der Waals surface area contributed by atoms with Crippen molar-refractivity contribution in [3.63, 3.8) is 0 Å². The molecule has 0 amide bonds. The number of hydrogen-bond acceptors (Lipinski definition) is 5. The van der Waals surface area contributed by atoms with Crippen molar-refractivity contribution in [1.29, 1.82) is 0 Å². The maximum absolute atomic E-state index is 11.7. The van der Waals surface area contributed by atoms with Gasteiger partial charge in [-0.1, -0.05) is 11.6 Å². The topological polar surface area (TPSA) is 125 Å². The van der Waals surface area contributed by atoms with Gasteiger partial charge >= 0.3 is 0 Å². The third-order valence-electron chi connectivity index (χ3n) is 1.83. The molecule has 0 atom stereocenters. The van der Waals surface area contributed by atoms with Crippen molar-refractivity contribution < 1.29 is 18.1 Å². The first-order valence-electron chi connectivity index (χ1n) is 4.36. The maximum atomic E-state index is 11.7. The van der Waals surface area contributed by atoms with Gasteiger partial charge in [0.25, 0.3) is 21.7 Å². The largest absolute Gasteiger partial charge is 0.468 e. The number of rotatable bonds is 3. The number of halogens is 1. The van der Waals surface area contributed by atoms with Crippen LogP contribution in [-0.2, 0) is 14.8 Å². The lowest BCUT2D eigenvalue weighted by atomic mass is 10.3.